The van der Waals surface area contributed by atoms with Crippen molar-refractivity contribution in [2.45, 2.75) is 19.0 Å². The third-order valence-corrected chi connectivity index (χ3v) is 4.30. The molecule has 1 fully saturated rings. The molecular formula is C10H16N4O2S. The Morgan fingerprint density at radius 3 is 2.24 bits per heavy atom. The fourth-order valence-corrected chi connectivity index (χ4v) is 3.22. The second-order valence-electron chi connectivity index (χ2n) is 4.09. The Kier molecular flexibility index (Phi) is 3.41. The first-order chi connectivity index (χ1) is 8.00. The number of hydrogen-bond donors (Lipinski definition) is 1. The minimum absolute atomic E-state index is 0.0862. The van der Waals surface area contributed by atoms with Crippen LogP contribution in [0.3, 0.4) is 0 Å². The van der Waals surface area contributed by atoms with Gasteiger partial charge in [0, 0.05) is 37.6 Å². The number of rotatable bonds is 2. The lowest BCUT2D eigenvalue weighted by Gasteiger charge is -2.25. The maximum absolute atomic E-state index is 12.3. The molecule has 1 N–H and O–H groups in total. The van der Waals surface area contributed by atoms with Crippen LogP contribution < -0.4 is 5.32 Å². The van der Waals surface area contributed by atoms with Crippen LogP contribution in [-0.4, -0.2) is 48.9 Å². The van der Waals surface area contributed by atoms with E-state index in [2.05, 4.69) is 15.3 Å². The van der Waals surface area contributed by atoms with Crippen LogP contribution in [-0.2, 0) is 10.0 Å². The molecule has 1 aromatic heterocycles. The van der Waals surface area contributed by atoms with E-state index in [-0.39, 0.29) is 5.16 Å². The smallest absolute Gasteiger partial charge is 0.278 e. The molecule has 94 valence electrons. The highest BCUT2D eigenvalue weighted by atomic mass is 32.2. The van der Waals surface area contributed by atoms with Crippen molar-refractivity contribution in [1.82, 2.24) is 19.6 Å². The van der Waals surface area contributed by atoms with Gasteiger partial charge in [-0.1, -0.05) is 0 Å². The van der Waals surface area contributed by atoms with Crippen LogP contribution >= 0.6 is 0 Å². The lowest BCUT2D eigenvalue weighted by Crippen LogP contribution is -2.46. The summed E-state index contributed by atoms with van der Waals surface area (Å²) in [5, 5.41) is 3.03. The van der Waals surface area contributed by atoms with Gasteiger partial charge in [-0.05, 0) is 19.9 Å². The van der Waals surface area contributed by atoms with E-state index in [1.807, 2.05) is 0 Å². The first-order valence-electron chi connectivity index (χ1n) is 5.53. The fourth-order valence-electron chi connectivity index (χ4n) is 1.81. The van der Waals surface area contributed by atoms with Crippen molar-refractivity contribution in [3.8, 4) is 0 Å². The number of nitrogens with zero attached hydrogens (tertiary/aromatic N) is 3. The number of aryl methyl sites for hydroxylation is 2. The number of piperazine rings is 1. The summed E-state index contributed by atoms with van der Waals surface area (Å²) < 4.78 is 26.0. The van der Waals surface area contributed by atoms with Crippen molar-refractivity contribution >= 4 is 10.0 Å². The molecule has 0 radical (unpaired) electrons. The molecule has 2 heterocycles. The van der Waals surface area contributed by atoms with Crippen molar-refractivity contribution in [3.05, 3.63) is 17.5 Å². The van der Waals surface area contributed by atoms with Crippen LogP contribution in [0.4, 0.5) is 0 Å². The first-order valence-corrected chi connectivity index (χ1v) is 6.97. The molecule has 0 spiro atoms. The summed E-state index contributed by atoms with van der Waals surface area (Å²) in [4.78, 5) is 8.04. The van der Waals surface area contributed by atoms with Gasteiger partial charge in [0.05, 0.1) is 0 Å². The monoisotopic (exact) mass is 256 g/mol. The van der Waals surface area contributed by atoms with Crippen LogP contribution in [0.15, 0.2) is 11.2 Å². The Morgan fingerprint density at radius 2 is 1.71 bits per heavy atom. The maximum atomic E-state index is 12.3. The highest BCUT2D eigenvalue weighted by molar-refractivity contribution is 7.88. The molecule has 1 aliphatic heterocycles. The van der Waals surface area contributed by atoms with Crippen molar-refractivity contribution in [3.63, 3.8) is 0 Å². The van der Waals surface area contributed by atoms with Gasteiger partial charge in [-0.3, -0.25) is 0 Å². The third-order valence-electron chi connectivity index (χ3n) is 2.61. The van der Waals surface area contributed by atoms with Gasteiger partial charge >= 0.3 is 0 Å². The van der Waals surface area contributed by atoms with Crippen molar-refractivity contribution in [2.24, 2.45) is 0 Å². The van der Waals surface area contributed by atoms with Gasteiger partial charge in [0.15, 0.2) is 0 Å². The van der Waals surface area contributed by atoms with Gasteiger partial charge in [-0.2, -0.15) is 4.31 Å². The van der Waals surface area contributed by atoms with Gasteiger partial charge in [-0.25, -0.2) is 18.4 Å². The Labute approximate surface area is 101 Å². The largest absolute Gasteiger partial charge is 0.314 e. The summed E-state index contributed by atoms with van der Waals surface area (Å²) >= 11 is 0. The zero-order valence-electron chi connectivity index (χ0n) is 9.97. The molecule has 1 saturated heterocycles. The SMILES string of the molecule is Cc1cc(C)nc(S(=O)(=O)N2CCNCC2)n1. The van der Waals surface area contributed by atoms with Crippen LogP contribution in [0, 0.1) is 13.8 Å². The van der Waals surface area contributed by atoms with E-state index in [0.717, 1.165) is 0 Å². The van der Waals surface area contributed by atoms with E-state index in [1.165, 1.54) is 4.31 Å². The topological polar surface area (TPSA) is 75.2 Å². The van der Waals surface area contributed by atoms with E-state index in [0.29, 0.717) is 37.6 Å². The molecule has 0 bridgehead atoms. The van der Waals surface area contributed by atoms with Gasteiger partial charge in [-0.15, -0.1) is 0 Å². The van der Waals surface area contributed by atoms with Crippen LogP contribution in [0.2, 0.25) is 0 Å². The van der Waals surface area contributed by atoms with Crippen LogP contribution in [0.5, 0.6) is 0 Å². The maximum Gasteiger partial charge on any atom is 0.278 e. The minimum Gasteiger partial charge on any atom is -0.314 e. The molecule has 0 aliphatic carbocycles. The lowest BCUT2D eigenvalue weighted by molar-refractivity contribution is 0.357. The molecule has 1 aliphatic rings. The summed E-state index contributed by atoms with van der Waals surface area (Å²) in [6, 6.07) is 1.76. The Balaban J connectivity index is 2.36. The summed E-state index contributed by atoms with van der Waals surface area (Å²) in [5.41, 5.74) is 1.34. The second kappa shape index (κ2) is 4.67. The van der Waals surface area contributed by atoms with Gasteiger partial charge in [0.25, 0.3) is 15.2 Å². The Hall–Kier alpha value is -1.05. The highest BCUT2D eigenvalue weighted by Gasteiger charge is 2.28. The Bertz CT molecular complexity index is 489. The lowest BCUT2D eigenvalue weighted by atomic mass is 10.4. The normalized spacial score (nSPS) is 18.2. The predicted octanol–water partition coefficient (Wildman–Crippen LogP) is -0.313. The van der Waals surface area contributed by atoms with Gasteiger partial charge < -0.3 is 5.32 Å². The summed E-state index contributed by atoms with van der Waals surface area (Å²) in [7, 11) is -3.54. The quantitative estimate of drug-likeness (QED) is 0.734. The summed E-state index contributed by atoms with van der Waals surface area (Å²) in [5.74, 6) is 0. The van der Waals surface area contributed by atoms with Crippen molar-refractivity contribution in [1.29, 1.82) is 0 Å². The molecule has 0 amide bonds. The first kappa shape index (κ1) is 12.4. The number of sulfonamides is 1. The fraction of sp³-hybridized carbons (Fsp3) is 0.600. The minimum atomic E-state index is -3.54. The summed E-state index contributed by atoms with van der Waals surface area (Å²) in [6.45, 7) is 5.82. The van der Waals surface area contributed by atoms with E-state index >= 15 is 0 Å². The molecule has 0 unspecified atom stereocenters. The second-order valence-corrected chi connectivity index (χ2v) is 5.92. The molecule has 6 nitrogen and oxygen atoms in total. The Morgan fingerprint density at radius 1 is 1.18 bits per heavy atom. The molecule has 2 rings (SSSR count). The average molecular weight is 256 g/mol. The predicted molar refractivity (Wildman–Crippen MR) is 63.1 cm³/mol. The molecule has 1 aromatic rings. The molecule has 7 heteroatoms. The van der Waals surface area contributed by atoms with Crippen molar-refractivity contribution < 1.29 is 8.42 Å². The zero-order chi connectivity index (χ0) is 12.5. The van der Waals surface area contributed by atoms with E-state index in [9.17, 15) is 8.42 Å². The number of nitrogens with one attached hydrogen (secondary N) is 1. The third kappa shape index (κ3) is 2.62. The average Bonchev–Trinajstić information content (AvgIpc) is 2.29. The summed E-state index contributed by atoms with van der Waals surface area (Å²) in [6.07, 6.45) is 0. The zero-order valence-corrected chi connectivity index (χ0v) is 10.8. The standard InChI is InChI=1S/C10H16N4O2S/c1-8-7-9(2)13-10(12-8)17(15,16)14-5-3-11-4-6-14/h7,11H,3-6H2,1-2H3. The van der Waals surface area contributed by atoms with Crippen LogP contribution in [0.1, 0.15) is 11.4 Å². The molecule has 17 heavy (non-hydrogen) atoms. The number of aromatic nitrogens is 2. The van der Waals surface area contributed by atoms with E-state index in [4.69, 9.17) is 0 Å². The highest BCUT2D eigenvalue weighted by Crippen LogP contribution is 2.12. The molecule has 0 atom stereocenters. The van der Waals surface area contributed by atoms with E-state index in [1.54, 1.807) is 19.9 Å². The molecule has 0 aromatic carbocycles. The molecular weight excluding hydrogens is 240 g/mol. The number of hydrogen-bond acceptors (Lipinski definition) is 5. The van der Waals surface area contributed by atoms with Crippen molar-refractivity contribution in [2.75, 3.05) is 26.2 Å². The van der Waals surface area contributed by atoms with Gasteiger partial charge in [0.2, 0.25) is 0 Å². The van der Waals surface area contributed by atoms with Crippen LogP contribution in [0.25, 0.3) is 0 Å². The molecule has 0 saturated carbocycles. The van der Waals surface area contributed by atoms with Gasteiger partial charge in [0.1, 0.15) is 0 Å². The van der Waals surface area contributed by atoms with E-state index < -0.39 is 10.0 Å².